The van der Waals surface area contributed by atoms with E-state index in [2.05, 4.69) is 35.3 Å². The standard InChI is InChI=1S/C19H29N3O/c1-15(11-16(2)23)13-21-19-7-9-22(10-8-19)14-18-5-3-17(12-20)4-6-18/h3-6,15-16,19,21,23H,7-11,13-14H2,1-2H3. The molecule has 4 heteroatoms. The molecular weight excluding hydrogens is 286 g/mol. The van der Waals surface area contributed by atoms with E-state index in [4.69, 9.17) is 5.26 Å². The number of nitrogens with one attached hydrogen (secondary N) is 1. The molecule has 1 aliphatic heterocycles. The van der Waals surface area contributed by atoms with E-state index in [1.807, 2.05) is 19.1 Å². The van der Waals surface area contributed by atoms with Gasteiger partial charge in [0.05, 0.1) is 17.7 Å². The van der Waals surface area contributed by atoms with Crippen LogP contribution in [0.1, 0.15) is 44.2 Å². The van der Waals surface area contributed by atoms with Gasteiger partial charge in [0.2, 0.25) is 0 Å². The molecule has 0 aliphatic carbocycles. The van der Waals surface area contributed by atoms with Crippen molar-refractivity contribution >= 4 is 0 Å². The van der Waals surface area contributed by atoms with Crippen LogP contribution < -0.4 is 5.32 Å². The third kappa shape index (κ3) is 6.31. The second-order valence-corrected chi connectivity index (χ2v) is 6.96. The predicted molar refractivity (Wildman–Crippen MR) is 92.9 cm³/mol. The van der Waals surface area contributed by atoms with Crippen molar-refractivity contribution in [1.82, 2.24) is 10.2 Å². The minimum atomic E-state index is -0.207. The van der Waals surface area contributed by atoms with Crippen LogP contribution in [0.25, 0.3) is 0 Å². The molecule has 1 heterocycles. The molecule has 0 bridgehead atoms. The Balaban J connectivity index is 1.68. The summed E-state index contributed by atoms with van der Waals surface area (Å²) < 4.78 is 0. The zero-order valence-corrected chi connectivity index (χ0v) is 14.3. The lowest BCUT2D eigenvalue weighted by molar-refractivity contribution is 0.156. The Labute approximate surface area is 140 Å². The Hall–Kier alpha value is -1.41. The van der Waals surface area contributed by atoms with Gasteiger partial charge < -0.3 is 10.4 Å². The molecule has 126 valence electrons. The summed E-state index contributed by atoms with van der Waals surface area (Å²) in [7, 11) is 0. The van der Waals surface area contributed by atoms with Gasteiger partial charge in [-0.25, -0.2) is 0 Å². The van der Waals surface area contributed by atoms with Gasteiger partial charge in [0.1, 0.15) is 0 Å². The molecule has 2 unspecified atom stereocenters. The number of nitriles is 1. The Morgan fingerprint density at radius 2 is 1.91 bits per heavy atom. The van der Waals surface area contributed by atoms with Gasteiger partial charge in [-0.3, -0.25) is 4.90 Å². The van der Waals surface area contributed by atoms with Crippen molar-refractivity contribution in [2.75, 3.05) is 19.6 Å². The van der Waals surface area contributed by atoms with Gasteiger partial charge in [-0.05, 0) is 69.4 Å². The van der Waals surface area contributed by atoms with Crippen molar-refractivity contribution in [2.24, 2.45) is 5.92 Å². The molecule has 23 heavy (non-hydrogen) atoms. The number of hydrogen-bond acceptors (Lipinski definition) is 4. The van der Waals surface area contributed by atoms with Crippen molar-refractivity contribution in [1.29, 1.82) is 5.26 Å². The van der Waals surface area contributed by atoms with Gasteiger partial charge in [0.25, 0.3) is 0 Å². The van der Waals surface area contributed by atoms with E-state index in [1.165, 1.54) is 18.4 Å². The minimum Gasteiger partial charge on any atom is -0.393 e. The lowest BCUT2D eigenvalue weighted by atomic mass is 10.0. The van der Waals surface area contributed by atoms with E-state index in [0.29, 0.717) is 12.0 Å². The normalized spacial score (nSPS) is 19.2. The molecule has 0 radical (unpaired) electrons. The maximum atomic E-state index is 9.42. The molecule has 2 N–H and O–H groups in total. The van der Waals surface area contributed by atoms with Crippen LogP contribution >= 0.6 is 0 Å². The van der Waals surface area contributed by atoms with Crippen LogP contribution in [0.15, 0.2) is 24.3 Å². The summed E-state index contributed by atoms with van der Waals surface area (Å²) >= 11 is 0. The van der Waals surface area contributed by atoms with E-state index in [1.54, 1.807) is 0 Å². The smallest absolute Gasteiger partial charge is 0.0991 e. The summed E-state index contributed by atoms with van der Waals surface area (Å²) in [5.74, 6) is 0.520. The fourth-order valence-corrected chi connectivity index (χ4v) is 3.27. The molecule has 0 amide bonds. The number of aliphatic hydroxyl groups is 1. The Bertz CT molecular complexity index is 498. The average molecular weight is 315 g/mol. The highest BCUT2D eigenvalue weighted by Gasteiger charge is 2.19. The van der Waals surface area contributed by atoms with Gasteiger partial charge in [-0.1, -0.05) is 19.1 Å². The molecular formula is C19H29N3O. The van der Waals surface area contributed by atoms with Gasteiger partial charge in [0, 0.05) is 12.6 Å². The number of likely N-dealkylation sites (tertiary alicyclic amines) is 1. The Kier molecular flexibility index (Phi) is 7.04. The van der Waals surface area contributed by atoms with Crippen molar-refractivity contribution in [3.63, 3.8) is 0 Å². The van der Waals surface area contributed by atoms with Gasteiger partial charge in [-0.2, -0.15) is 5.26 Å². The summed E-state index contributed by atoms with van der Waals surface area (Å²) in [6, 6.07) is 10.7. The van der Waals surface area contributed by atoms with Gasteiger partial charge in [-0.15, -0.1) is 0 Å². The van der Waals surface area contributed by atoms with Crippen molar-refractivity contribution in [3.8, 4) is 6.07 Å². The lowest BCUT2D eigenvalue weighted by Gasteiger charge is -2.33. The first kappa shape index (κ1) is 17.9. The Morgan fingerprint density at radius 3 is 2.48 bits per heavy atom. The molecule has 1 fully saturated rings. The van der Waals surface area contributed by atoms with Crippen LogP contribution in [0.5, 0.6) is 0 Å². The molecule has 4 nitrogen and oxygen atoms in total. The van der Waals surface area contributed by atoms with Crippen LogP contribution in [0.2, 0.25) is 0 Å². The zero-order chi connectivity index (χ0) is 16.7. The van der Waals surface area contributed by atoms with Crippen LogP contribution in [0, 0.1) is 17.2 Å². The number of piperidine rings is 1. The molecule has 2 atom stereocenters. The summed E-state index contributed by atoms with van der Waals surface area (Å²) in [5, 5.41) is 21.9. The minimum absolute atomic E-state index is 0.207. The van der Waals surface area contributed by atoms with E-state index in [-0.39, 0.29) is 6.10 Å². The van der Waals surface area contributed by atoms with E-state index in [9.17, 15) is 5.11 Å². The molecule has 1 saturated heterocycles. The number of aliphatic hydroxyl groups excluding tert-OH is 1. The molecule has 0 saturated carbocycles. The zero-order valence-electron chi connectivity index (χ0n) is 14.3. The van der Waals surface area contributed by atoms with Crippen molar-refractivity contribution < 1.29 is 5.11 Å². The SMILES string of the molecule is CC(O)CC(C)CNC1CCN(Cc2ccc(C#N)cc2)CC1. The number of rotatable bonds is 7. The monoisotopic (exact) mass is 315 g/mol. The second kappa shape index (κ2) is 9.02. The van der Waals surface area contributed by atoms with E-state index >= 15 is 0 Å². The van der Waals surface area contributed by atoms with E-state index < -0.39 is 0 Å². The van der Waals surface area contributed by atoms with Gasteiger partial charge in [0.15, 0.2) is 0 Å². The van der Waals surface area contributed by atoms with Crippen LogP contribution in [-0.4, -0.2) is 41.8 Å². The van der Waals surface area contributed by atoms with E-state index in [0.717, 1.165) is 38.2 Å². The predicted octanol–water partition coefficient (Wildman–Crippen LogP) is 2.52. The molecule has 0 spiro atoms. The second-order valence-electron chi connectivity index (χ2n) is 6.96. The summed E-state index contributed by atoms with van der Waals surface area (Å²) in [5.41, 5.74) is 2.00. The topological polar surface area (TPSA) is 59.3 Å². The largest absolute Gasteiger partial charge is 0.393 e. The molecule has 1 aromatic rings. The van der Waals surface area contributed by atoms with Crippen LogP contribution in [0.4, 0.5) is 0 Å². The summed E-state index contributed by atoms with van der Waals surface area (Å²) in [6.07, 6.45) is 3.01. The van der Waals surface area contributed by atoms with Crippen LogP contribution in [0.3, 0.4) is 0 Å². The fraction of sp³-hybridized carbons (Fsp3) is 0.632. The van der Waals surface area contributed by atoms with Crippen LogP contribution in [-0.2, 0) is 6.54 Å². The maximum Gasteiger partial charge on any atom is 0.0991 e. The Morgan fingerprint density at radius 1 is 1.26 bits per heavy atom. The summed E-state index contributed by atoms with van der Waals surface area (Å²) in [4.78, 5) is 2.48. The van der Waals surface area contributed by atoms with Crippen molar-refractivity contribution in [3.05, 3.63) is 35.4 Å². The lowest BCUT2D eigenvalue weighted by Crippen LogP contribution is -2.43. The number of nitrogens with zero attached hydrogens (tertiary/aromatic N) is 2. The molecule has 1 aliphatic rings. The fourth-order valence-electron chi connectivity index (χ4n) is 3.27. The first-order valence-electron chi connectivity index (χ1n) is 8.69. The van der Waals surface area contributed by atoms with Crippen molar-refractivity contribution in [2.45, 2.75) is 51.8 Å². The first-order valence-corrected chi connectivity index (χ1v) is 8.69. The highest BCUT2D eigenvalue weighted by Crippen LogP contribution is 2.15. The van der Waals surface area contributed by atoms with Gasteiger partial charge >= 0.3 is 0 Å². The first-order chi connectivity index (χ1) is 11.1. The summed E-state index contributed by atoms with van der Waals surface area (Å²) in [6.45, 7) is 8.24. The molecule has 2 rings (SSSR count). The number of benzene rings is 1. The molecule has 1 aromatic carbocycles. The highest BCUT2D eigenvalue weighted by atomic mass is 16.3. The molecule has 0 aromatic heterocycles. The average Bonchev–Trinajstić information content (AvgIpc) is 2.54. The third-order valence-electron chi connectivity index (χ3n) is 4.58. The number of hydrogen-bond donors (Lipinski definition) is 2. The highest BCUT2D eigenvalue weighted by molar-refractivity contribution is 5.31. The maximum absolute atomic E-state index is 9.42. The third-order valence-corrected chi connectivity index (χ3v) is 4.58. The quantitative estimate of drug-likeness (QED) is 0.812.